The van der Waals surface area contributed by atoms with Crippen LogP contribution in [-0.4, -0.2) is 150 Å². The van der Waals surface area contributed by atoms with Gasteiger partial charge in [0.15, 0.2) is 16.9 Å². The number of aliphatic hydroxyl groups is 3. The number of aryl methyl sites for hydroxylation is 1. The maximum Gasteiger partial charge on any atom is 0.355 e. The van der Waals surface area contributed by atoms with Gasteiger partial charge in [-0.25, -0.2) is 19.6 Å². The molecule has 466 valence electrons. The van der Waals surface area contributed by atoms with Gasteiger partial charge in [-0.05, 0) is 146 Å². The smallest absolute Gasteiger partial charge is 0.355 e. The minimum absolute atomic E-state index is 0.00955. The van der Waals surface area contributed by atoms with Crippen LogP contribution in [0.2, 0.25) is 0 Å². The lowest BCUT2D eigenvalue weighted by Gasteiger charge is -2.69. The van der Waals surface area contributed by atoms with Crippen molar-refractivity contribution in [3.8, 4) is 28.1 Å². The average Bonchev–Trinajstić information content (AvgIpc) is 0.721. The summed E-state index contributed by atoms with van der Waals surface area (Å²) < 4.78 is 61.3. The molecule has 5 aliphatic rings. The number of benzene rings is 4. The Balaban J connectivity index is 0.765. The van der Waals surface area contributed by atoms with E-state index in [0.717, 1.165) is 59.0 Å². The van der Waals surface area contributed by atoms with Crippen LogP contribution in [0, 0.1) is 23.2 Å². The summed E-state index contributed by atoms with van der Waals surface area (Å²) in [4.78, 5) is 61.7. The minimum atomic E-state index is -4.74. The molecular formula is C63H71N7O16S2. The standard InChI is InChI=1S/C63H71N7O16S2/c1-35-43(40-18-19-44(67-49(40)55(75)76)38-17-16-37-10-8-11-41(42(37)24-38)54(74)69-59-68-45-12-4-5-13-48(45)87-59)25-66-70(35)34-62-29-60(2)28-61(3,30-62)32-63(31-60,33-62)84-22-21-65-46(27-88(80,81)82)57(79)83-26-39-15-14-36(9-6-7-20-64)23-47(39)85-58-52(73)50(71)51(72)53(86-58)56(77)78/h4-5,8,10-19,23-25,46,50-53,58,65,71-73H,6-7,9,20-22,26-34,64H2,1-3H3,(H,75,76)(H,77,78)(H,68,69,74)(H,80,81,82)/t46?,50-,51?,52+,53-,58+,60?,61?,62?,63?/m0/s1. The van der Waals surface area contributed by atoms with Crippen molar-refractivity contribution >= 4 is 71.4 Å². The third-order valence-electron chi connectivity index (χ3n) is 17.6. The summed E-state index contributed by atoms with van der Waals surface area (Å²) >= 11 is 1.38. The van der Waals surface area contributed by atoms with E-state index < -0.39 is 82.7 Å². The number of aliphatic hydroxyl groups excluding tert-OH is 3. The topological polar surface area (TPSA) is 354 Å². The lowest BCUT2D eigenvalue weighted by atomic mass is 9.39. The van der Waals surface area contributed by atoms with Crippen molar-refractivity contribution in [2.45, 2.75) is 134 Å². The zero-order valence-electron chi connectivity index (χ0n) is 48.8. The number of aromatic carboxylic acids is 1. The van der Waals surface area contributed by atoms with Crippen LogP contribution >= 0.6 is 11.3 Å². The highest BCUT2D eigenvalue weighted by atomic mass is 32.2. The Morgan fingerprint density at radius 3 is 2.36 bits per heavy atom. The summed E-state index contributed by atoms with van der Waals surface area (Å²) in [7, 11) is -4.74. The number of ether oxygens (including phenoxy) is 4. The van der Waals surface area contributed by atoms with Crippen molar-refractivity contribution in [2.75, 3.05) is 30.8 Å². The van der Waals surface area contributed by atoms with Gasteiger partial charge in [0.2, 0.25) is 6.29 Å². The van der Waals surface area contributed by atoms with Gasteiger partial charge in [-0.2, -0.15) is 13.5 Å². The molecule has 8 atom stereocenters. The third kappa shape index (κ3) is 13.2. The van der Waals surface area contributed by atoms with Crippen molar-refractivity contribution in [3.05, 3.63) is 125 Å². The molecule has 23 nitrogen and oxygen atoms in total. The number of nitrogens with two attached hydrogens (primary N) is 1. The van der Waals surface area contributed by atoms with Crippen LogP contribution in [0.4, 0.5) is 5.13 Å². The molecule has 1 saturated heterocycles. The Bertz CT molecular complexity index is 3900. The normalized spacial score (nSPS) is 26.1. The number of hydrogen-bond donors (Lipinski definition) is 9. The number of amides is 1. The van der Waals surface area contributed by atoms with Gasteiger partial charge in [-0.1, -0.05) is 73.7 Å². The number of carbonyl (C=O) groups is 4. The molecule has 88 heavy (non-hydrogen) atoms. The molecule has 4 heterocycles. The van der Waals surface area contributed by atoms with Gasteiger partial charge in [0, 0.05) is 46.6 Å². The first kappa shape index (κ1) is 62.3. The summed E-state index contributed by atoms with van der Waals surface area (Å²) in [6.07, 6.45) is -0.899. The van der Waals surface area contributed by atoms with Crippen LogP contribution in [0.1, 0.15) is 103 Å². The number of unbranched alkanes of at least 4 members (excludes halogenated alkanes) is 1. The van der Waals surface area contributed by atoms with Crippen molar-refractivity contribution < 1.29 is 76.6 Å². The molecule has 7 aromatic rings. The molecule has 4 bridgehead atoms. The van der Waals surface area contributed by atoms with Crippen LogP contribution in [0.15, 0.2) is 97.2 Å². The van der Waals surface area contributed by atoms with Crippen LogP contribution in [0.5, 0.6) is 5.75 Å². The molecule has 1 aliphatic heterocycles. The molecule has 1 amide bonds. The minimum Gasteiger partial charge on any atom is -0.479 e. The second-order valence-electron chi connectivity index (χ2n) is 25.0. The van der Waals surface area contributed by atoms with Crippen molar-refractivity contribution in [1.29, 1.82) is 0 Å². The predicted molar refractivity (Wildman–Crippen MR) is 324 cm³/mol. The second kappa shape index (κ2) is 24.6. The van der Waals surface area contributed by atoms with Crippen LogP contribution in [0.25, 0.3) is 43.4 Å². The lowest BCUT2D eigenvalue weighted by molar-refractivity contribution is -0.271. The van der Waals surface area contributed by atoms with Gasteiger partial charge >= 0.3 is 17.9 Å². The number of anilines is 1. The number of carboxylic acid groups (broad SMARTS) is 2. The fraction of sp³-hybridized carbons (Fsp3) is 0.444. The van der Waals surface area contributed by atoms with E-state index in [1.54, 1.807) is 42.6 Å². The number of aromatic nitrogens is 4. The van der Waals surface area contributed by atoms with E-state index in [1.807, 2.05) is 66.2 Å². The number of nitrogens with one attached hydrogen (secondary N) is 2. The maximum absolute atomic E-state index is 13.8. The number of carboxylic acids is 2. The maximum atomic E-state index is 13.8. The molecule has 0 radical (unpaired) electrons. The number of rotatable bonds is 24. The first-order chi connectivity index (χ1) is 41.8. The number of nitrogens with zero attached hydrogens (tertiary/aromatic N) is 4. The van der Waals surface area contributed by atoms with E-state index in [-0.39, 0.29) is 52.3 Å². The van der Waals surface area contributed by atoms with Gasteiger partial charge < -0.3 is 55.5 Å². The van der Waals surface area contributed by atoms with E-state index in [0.29, 0.717) is 77.2 Å². The number of aliphatic carboxylic acids is 1. The fourth-order valence-corrected chi connectivity index (χ4v) is 16.5. The van der Waals surface area contributed by atoms with Crippen molar-refractivity contribution in [2.24, 2.45) is 22.0 Å². The van der Waals surface area contributed by atoms with E-state index in [2.05, 4.69) is 29.5 Å². The van der Waals surface area contributed by atoms with Gasteiger partial charge in [-0.15, -0.1) is 0 Å². The largest absolute Gasteiger partial charge is 0.479 e. The lowest BCUT2D eigenvalue weighted by Crippen LogP contribution is -2.64. The SMILES string of the molecule is Cc1c(-c2ccc(-c3ccc4cccc(C(=O)Nc5nc6ccccc6s5)c4c3)nc2C(=O)O)cnn1CC12CC3(C)CC(C)(C1)CC(OCCNC(CS(=O)(=O)O)C(=O)OCc1ccc(CCCCN)cc1O[C@@H]1O[C@H](C(=O)O)C(O)[C@H](O)[C@H]1O)(C3)C2. The number of fused-ring (bicyclic) bond motifs is 2. The summed E-state index contributed by atoms with van der Waals surface area (Å²) in [5.74, 6) is -5.24. The van der Waals surface area contributed by atoms with E-state index in [1.165, 1.54) is 11.3 Å². The Morgan fingerprint density at radius 1 is 0.864 bits per heavy atom. The number of thiazole rings is 1. The zero-order chi connectivity index (χ0) is 62.5. The van der Waals surface area contributed by atoms with Gasteiger partial charge in [-0.3, -0.25) is 24.1 Å². The van der Waals surface area contributed by atoms with E-state index in [4.69, 9.17) is 34.8 Å². The summed E-state index contributed by atoms with van der Waals surface area (Å²) in [6, 6.07) is 25.5. The van der Waals surface area contributed by atoms with E-state index >= 15 is 0 Å². The number of carbonyl (C=O) groups excluding carboxylic acids is 2. The van der Waals surface area contributed by atoms with Crippen LogP contribution in [-0.2, 0) is 53.5 Å². The van der Waals surface area contributed by atoms with Gasteiger partial charge in [0.05, 0.1) is 34.3 Å². The molecule has 4 saturated carbocycles. The molecule has 25 heteroatoms. The quantitative estimate of drug-likeness (QED) is 0.0168. The number of hydrogen-bond acceptors (Lipinski definition) is 19. The Morgan fingerprint density at radius 2 is 1.64 bits per heavy atom. The monoisotopic (exact) mass is 1250 g/mol. The van der Waals surface area contributed by atoms with Crippen LogP contribution in [0.3, 0.4) is 0 Å². The highest BCUT2D eigenvalue weighted by Crippen LogP contribution is 2.72. The number of para-hydroxylation sites is 1. The Kier molecular flexibility index (Phi) is 17.4. The van der Waals surface area contributed by atoms with Crippen LogP contribution < -0.4 is 21.1 Å². The Hall–Kier alpha value is -7.30. The number of esters is 1. The first-order valence-electron chi connectivity index (χ1n) is 29.2. The molecular weight excluding hydrogens is 1170 g/mol. The highest BCUT2D eigenvalue weighted by Gasteiger charge is 2.66. The fourth-order valence-electron chi connectivity index (χ4n) is 15.0. The molecule has 12 rings (SSSR count). The van der Waals surface area contributed by atoms with Gasteiger partial charge in [0.1, 0.15) is 42.5 Å². The highest BCUT2D eigenvalue weighted by molar-refractivity contribution is 7.85. The molecule has 4 aromatic carbocycles. The Labute approximate surface area is 511 Å². The summed E-state index contributed by atoms with van der Waals surface area (Å²) in [5.41, 5.74) is 9.40. The van der Waals surface area contributed by atoms with Gasteiger partial charge in [0.25, 0.3) is 16.0 Å². The van der Waals surface area contributed by atoms with Crippen molar-refractivity contribution in [3.63, 3.8) is 0 Å². The molecule has 3 aromatic heterocycles. The summed E-state index contributed by atoms with van der Waals surface area (Å²) in [5, 5.41) is 64.4. The second-order valence-corrected chi connectivity index (χ2v) is 27.5. The molecule has 10 N–H and O–H groups in total. The molecule has 5 fully saturated rings. The average molecular weight is 1250 g/mol. The molecule has 4 aliphatic carbocycles. The zero-order valence-corrected chi connectivity index (χ0v) is 50.4. The van der Waals surface area contributed by atoms with E-state index in [9.17, 15) is 57.7 Å². The molecule has 0 spiro atoms. The third-order valence-corrected chi connectivity index (χ3v) is 19.3. The molecule has 4 unspecified atom stereocenters. The van der Waals surface area contributed by atoms with Crippen molar-refractivity contribution in [1.82, 2.24) is 25.1 Å². The predicted octanol–water partition coefficient (Wildman–Crippen LogP) is 6.91. The number of pyridine rings is 1. The summed E-state index contributed by atoms with van der Waals surface area (Å²) in [6.45, 7) is 7.01. The first-order valence-corrected chi connectivity index (χ1v) is 31.6.